The quantitative estimate of drug-likeness (QED) is 0.0879. The zero-order valence-corrected chi connectivity index (χ0v) is 58.0. The van der Waals surface area contributed by atoms with Crippen LogP contribution in [0.5, 0.6) is 28.7 Å². The number of fused-ring (bicyclic) bond motifs is 16. The number of ether oxygens (including phenoxy) is 7. The van der Waals surface area contributed by atoms with Crippen LogP contribution in [0.15, 0.2) is 164 Å². The molecule has 2 saturated heterocycles. The number of benzene rings is 11. The molecule has 11 aromatic rings. The Labute approximate surface area is 588 Å². The van der Waals surface area contributed by atoms with Crippen LogP contribution in [0.3, 0.4) is 0 Å². The van der Waals surface area contributed by atoms with Gasteiger partial charge < -0.3 is 43.0 Å². The Bertz CT molecular complexity index is 5330. The monoisotopic (exact) mass is 1370 g/mol. The van der Waals surface area contributed by atoms with E-state index >= 15 is 8.78 Å². The van der Waals surface area contributed by atoms with E-state index in [2.05, 4.69) is 135 Å². The maximum atomic E-state index is 15.7. The Morgan fingerprint density at radius 3 is 1.31 bits per heavy atom. The second-order valence-electron chi connectivity index (χ2n) is 28.7. The number of morpholine rings is 2. The van der Waals surface area contributed by atoms with E-state index in [0.29, 0.717) is 79.1 Å². The standard InChI is InChI=1S/C87H74F6N2O7/c1-84(2)67-41-48(56-25-27-69(88)81(92)79(56)90)9-23-59(67)75-63-44-72(97-6)71(96-5)43-62(63)66-47-86(31-29-58(66)77(75)84,51-15-19-54(20-16-51)94-33-37-100-38-34-94)50-11-13-52(14-12-50)87(53-17-21-55(22-18-53)95-35-39-101-40-36-95)32-30-61-78-76(64-45-73(98-7)74(99-8)46-65(64)83(61)102-87)60-24-10-49(42-68(60)85(78,3)4)57-26-28-70(89)82(93)80(57)91/h9-28,30,32,41-46H,29,31,33-40,47H2,1-8H3. The van der Waals surface area contributed by atoms with Gasteiger partial charge in [0.1, 0.15) is 5.75 Å². The molecular weight excluding hydrogens is 1300 g/mol. The van der Waals surface area contributed by atoms with Crippen molar-refractivity contribution in [2.45, 2.75) is 68.8 Å². The molecular formula is C87H74F6N2O7. The highest BCUT2D eigenvalue weighted by atomic mass is 19.2. The van der Waals surface area contributed by atoms with E-state index in [-0.39, 0.29) is 11.1 Å². The highest BCUT2D eigenvalue weighted by molar-refractivity contribution is 6.10. The molecule has 516 valence electrons. The minimum atomic E-state index is -1.53. The molecule has 0 amide bonds. The Morgan fingerprint density at radius 2 is 0.824 bits per heavy atom. The molecule has 3 aliphatic heterocycles. The van der Waals surface area contributed by atoms with Gasteiger partial charge in [-0.15, -0.1) is 0 Å². The van der Waals surface area contributed by atoms with Crippen LogP contribution >= 0.6 is 0 Å². The van der Waals surface area contributed by atoms with Crippen molar-refractivity contribution in [2.75, 3.05) is 90.8 Å². The summed E-state index contributed by atoms with van der Waals surface area (Å²) in [4.78, 5) is 4.71. The number of anilines is 2. The summed E-state index contributed by atoms with van der Waals surface area (Å²) in [6.45, 7) is 14.3. The normalized spacial score (nSPS) is 19.0. The lowest BCUT2D eigenvalue weighted by molar-refractivity contribution is 0.122. The molecule has 3 heterocycles. The Kier molecular flexibility index (Phi) is 15.5. The minimum Gasteiger partial charge on any atom is -0.493 e. The first kappa shape index (κ1) is 65.1. The molecule has 0 bridgehead atoms. The van der Waals surface area contributed by atoms with Crippen LogP contribution in [0.25, 0.3) is 72.1 Å². The summed E-state index contributed by atoms with van der Waals surface area (Å²) in [5.74, 6) is -5.23. The molecule has 0 spiro atoms. The summed E-state index contributed by atoms with van der Waals surface area (Å²) in [5, 5.41) is 3.60. The van der Waals surface area contributed by atoms with Crippen molar-refractivity contribution in [3.8, 4) is 73.3 Å². The molecule has 6 aliphatic rings. The first-order chi connectivity index (χ1) is 49.3. The maximum absolute atomic E-state index is 15.7. The molecule has 0 aromatic heterocycles. The first-order valence-corrected chi connectivity index (χ1v) is 34.8. The Hall–Kier alpha value is -10.2. The molecule has 17 rings (SSSR count). The van der Waals surface area contributed by atoms with Crippen LogP contribution in [-0.2, 0) is 44.2 Å². The predicted octanol–water partition coefficient (Wildman–Crippen LogP) is 19.3. The summed E-state index contributed by atoms with van der Waals surface area (Å²) in [5.41, 5.74) is 14.8. The topological polar surface area (TPSA) is 71.1 Å². The molecule has 3 aliphatic carbocycles. The van der Waals surface area contributed by atoms with Crippen molar-refractivity contribution in [3.63, 3.8) is 0 Å². The summed E-state index contributed by atoms with van der Waals surface area (Å²) in [6.07, 6.45) is 6.34. The summed E-state index contributed by atoms with van der Waals surface area (Å²) >= 11 is 0. The van der Waals surface area contributed by atoms with Gasteiger partial charge in [0.2, 0.25) is 0 Å². The van der Waals surface area contributed by atoms with Crippen molar-refractivity contribution in [1.29, 1.82) is 0 Å². The van der Waals surface area contributed by atoms with E-state index < -0.39 is 56.7 Å². The van der Waals surface area contributed by atoms with E-state index in [4.69, 9.17) is 33.2 Å². The number of hydrogen-bond donors (Lipinski definition) is 0. The Morgan fingerprint density at radius 1 is 0.412 bits per heavy atom. The van der Waals surface area contributed by atoms with Crippen LogP contribution < -0.4 is 33.5 Å². The zero-order valence-electron chi connectivity index (χ0n) is 58.0. The maximum Gasteiger partial charge on any atom is 0.195 e. The van der Waals surface area contributed by atoms with Crippen LogP contribution in [0, 0.1) is 34.9 Å². The zero-order chi connectivity index (χ0) is 70.5. The van der Waals surface area contributed by atoms with Crippen LogP contribution in [-0.4, -0.2) is 81.0 Å². The number of methoxy groups -OCH3 is 4. The fraction of sp³-hybridized carbons (Fsp3) is 0.264. The third kappa shape index (κ3) is 9.72. The lowest BCUT2D eigenvalue weighted by Crippen LogP contribution is -2.38. The second-order valence-corrected chi connectivity index (χ2v) is 28.7. The van der Waals surface area contributed by atoms with Gasteiger partial charge in [0.05, 0.1) is 54.9 Å². The van der Waals surface area contributed by atoms with Gasteiger partial charge in [-0.3, -0.25) is 0 Å². The van der Waals surface area contributed by atoms with E-state index in [9.17, 15) is 17.6 Å². The highest BCUT2D eigenvalue weighted by Gasteiger charge is 2.49. The van der Waals surface area contributed by atoms with Crippen LogP contribution in [0.2, 0.25) is 0 Å². The van der Waals surface area contributed by atoms with Crippen LogP contribution in [0.1, 0.15) is 95.3 Å². The van der Waals surface area contributed by atoms with Gasteiger partial charge in [0.25, 0.3) is 0 Å². The molecule has 0 radical (unpaired) electrons. The molecule has 2 fully saturated rings. The van der Waals surface area contributed by atoms with Gasteiger partial charge in [0.15, 0.2) is 63.5 Å². The molecule has 2 unspecified atom stereocenters. The van der Waals surface area contributed by atoms with Crippen molar-refractivity contribution in [3.05, 3.63) is 260 Å². The number of rotatable bonds is 12. The smallest absolute Gasteiger partial charge is 0.195 e. The van der Waals surface area contributed by atoms with Gasteiger partial charge >= 0.3 is 0 Å². The fourth-order valence-corrected chi connectivity index (χ4v) is 17.9. The summed E-state index contributed by atoms with van der Waals surface area (Å²) in [6, 6.07) is 50.8. The van der Waals surface area contributed by atoms with Crippen molar-refractivity contribution >= 4 is 39.0 Å². The minimum absolute atomic E-state index is 0.0178. The average Bonchev–Trinajstić information content (AvgIpc) is 1.48. The number of nitrogens with zero attached hydrogens (tertiary/aromatic N) is 2. The lowest BCUT2D eigenvalue weighted by atomic mass is 9.61. The van der Waals surface area contributed by atoms with E-state index in [0.717, 1.165) is 150 Å². The SMILES string of the molecule is COc1cc2c3c(c4c(c2cc1OC)-c1ccc(-c2ccc(F)c(F)c2F)cc1C4(C)C)CCC(c1ccc(N2CCOCC2)cc1)(c1ccc(C2(c4ccc(N5CCOCC5)cc4)C=Cc4c5c(c6cc(OC)c(OC)cc6c4O2)-c2ccc(-c4ccc(F)c(F)c4F)cc2C5(C)C)cc1)C3. The Balaban J connectivity index is 0.847. The molecule has 0 N–H and O–H groups in total. The third-order valence-electron chi connectivity index (χ3n) is 23.1. The predicted molar refractivity (Wildman–Crippen MR) is 388 cm³/mol. The second kappa shape index (κ2) is 24.2. The van der Waals surface area contributed by atoms with Gasteiger partial charge in [-0.25, -0.2) is 26.3 Å². The highest BCUT2D eigenvalue weighted by Crippen LogP contribution is 2.62. The van der Waals surface area contributed by atoms with Crippen LogP contribution in [0.4, 0.5) is 37.7 Å². The molecule has 15 heteroatoms. The van der Waals surface area contributed by atoms with Crippen molar-refractivity contribution < 1.29 is 59.5 Å². The molecule has 0 saturated carbocycles. The molecule has 102 heavy (non-hydrogen) atoms. The van der Waals surface area contributed by atoms with Crippen molar-refractivity contribution in [1.82, 2.24) is 0 Å². The van der Waals surface area contributed by atoms with E-state index in [1.54, 1.807) is 40.6 Å². The third-order valence-corrected chi connectivity index (χ3v) is 23.1. The largest absolute Gasteiger partial charge is 0.493 e. The van der Waals surface area contributed by atoms with Crippen molar-refractivity contribution in [2.24, 2.45) is 0 Å². The van der Waals surface area contributed by atoms with Gasteiger partial charge in [-0.05, 0) is 204 Å². The van der Waals surface area contributed by atoms with E-state index in [1.165, 1.54) is 23.3 Å². The molecule has 11 aromatic carbocycles. The van der Waals surface area contributed by atoms with Gasteiger partial charge in [-0.2, -0.15) is 0 Å². The summed E-state index contributed by atoms with van der Waals surface area (Å²) < 4.78 is 134. The first-order valence-electron chi connectivity index (χ1n) is 34.8. The lowest BCUT2D eigenvalue weighted by Gasteiger charge is -2.43. The number of hydrogen-bond acceptors (Lipinski definition) is 9. The molecule has 2 atom stereocenters. The summed E-state index contributed by atoms with van der Waals surface area (Å²) in [7, 11) is 6.52. The van der Waals surface area contributed by atoms with Gasteiger partial charge in [-0.1, -0.05) is 107 Å². The molecule has 9 nitrogen and oxygen atoms in total. The van der Waals surface area contributed by atoms with Gasteiger partial charge in [0, 0.05) is 87.0 Å². The number of halogens is 6. The fourth-order valence-electron chi connectivity index (χ4n) is 17.9. The average molecular weight is 1370 g/mol. The van der Waals surface area contributed by atoms with E-state index in [1.807, 2.05) is 36.4 Å².